The van der Waals surface area contributed by atoms with Crippen LogP contribution in [0.1, 0.15) is 52.0 Å². The Kier molecular flexibility index (Phi) is 7.54. The number of carbonyl (C=O) groups excluding carboxylic acids is 3. The molecule has 2 aliphatic carbocycles. The number of hydrogen-bond donors (Lipinski definition) is 2. The lowest BCUT2D eigenvalue weighted by Gasteiger charge is -2.28. The molecule has 2 aliphatic rings. The summed E-state index contributed by atoms with van der Waals surface area (Å²) in [7, 11) is 0. The molecule has 2 aromatic rings. The van der Waals surface area contributed by atoms with Gasteiger partial charge in [0, 0.05) is 6.04 Å². The van der Waals surface area contributed by atoms with Crippen molar-refractivity contribution >= 4 is 28.6 Å². The number of amides is 2. The summed E-state index contributed by atoms with van der Waals surface area (Å²) < 4.78 is 5.31. The molecule has 0 saturated heterocycles. The summed E-state index contributed by atoms with van der Waals surface area (Å²) in [5.41, 5.74) is 0.903. The second-order valence-corrected chi connectivity index (χ2v) is 10.4. The molecule has 6 heteroatoms. The summed E-state index contributed by atoms with van der Waals surface area (Å²) in [6.07, 6.45) is 5.22. The van der Waals surface area contributed by atoms with Crippen molar-refractivity contribution in [1.29, 1.82) is 0 Å². The normalized spacial score (nSPS) is 23.0. The van der Waals surface area contributed by atoms with Crippen LogP contribution in [0, 0.1) is 23.7 Å². The fourth-order valence-corrected chi connectivity index (χ4v) is 5.88. The first-order valence-electron chi connectivity index (χ1n) is 12.5. The molecule has 0 unspecified atom stereocenters. The molecule has 182 valence electrons. The molecule has 34 heavy (non-hydrogen) atoms. The average Bonchev–Trinajstić information content (AvgIpc) is 3.45. The van der Waals surface area contributed by atoms with Gasteiger partial charge in [0.2, 0.25) is 5.91 Å². The van der Waals surface area contributed by atoms with Crippen LogP contribution in [0.2, 0.25) is 0 Å². The maximum absolute atomic E-state index is 12.8. The molecule has 5 atom stereocenters. The van der Waals surface area contributed by atoms with Crippen LogP contribution in [-0.2, 0) is 25.5 Å². The van der Waals surface area contributed by atoms with Crippen LogP contribution in [0.5, 0.6) is 0 Å². The smallest absolute Gasteiger partial charge is 0.329 e. The monoisotopic (exact) mass is 464 g/mol. The van der Waals surface area contributed by atoms with Crippen LogP contribution < -0.4 is 10.6 Å². The van der Waals surface area contributed by atoms with Crippen molar-refractivity contribution in [3.63, 3.8) is 0 Å². The van der Waals surface area contributed by atoms with Gasteiger partial charge in [-0.3, -0.25) is 9.59 Å². The number of fused-ring (bicyclic) bond motifs is 3. The molecule has 0 spiro atoms. The second kappa shape index (κ2) is 10.6. The van der Waals surface area contributed by atoms with Crippen molar-refractivity contribution in [2.75, 3.05) is 6.61 Å². The first-order chi connectivity index (χ1) is 16.3. The fourth-order valence-electron chi connectivity index (χ4n) is 5.88. The lowest BCUT2D eigenvalue weighted by Crippen LogP contribution is -2.47. The van der Waals surface area contributed by atoms with E-state index in [1.165, 1.54) is 25.7 Å². The van der Waals surface area contributed by atoms with E-state index in [4.69, 9.17) is 4.74 Å². The molecule has 2 bridgehead atoms. The van der Waals surface area contributed by atoms with Crippen LogP contribution in [-0.4, -0.2) is 36.5 Å². The summed E-state index contributed by atoms with van der Waals surface area (Å²) in [6, 6.07) is 13.0. The number of carbonyl (C=O) groups is 3. The van der Waals surface area contributed by atoms with Crippen molar-refractivity contribution in [2.45, 2.75) is 65.0 Å². The summed E-state index contributed by atoms with van der Waals surface area (Å²) in [4.78, 5) is 37.9. The van der Waals surface area contributed by atoms with Gasteiger partial charge in [0.05, 0.1) is 6.42 Å². The third kappa shape index (κ3) is 5.60. The van der Waals surface area contributed by atoms with E-state index in [0.717, 1.165) is 22.3 Å². The zero-order valence-electron chi connectivity index (χ0n) is 20.4. The first-order valence-corrected chi connectivity index (χ1v) is 12.5. The molecule has 2 N–H and O–H groups in total. The highest BCUT2D eigenvalue weighted by molar-refractivity contribution is 5.92. The maximum Gasteiger partial charge on any atom is 0.329 e. The highest BCUT2D eigenvalue weighted by Crippen LogP contribution is 2.49. The fraction of sp³-hybridized carbons (Fsp3) is 0.536. The van der Waals surface area contributed by atoms with Crippen molar-refractivity contribution in [2.24, 2.45) is 23.7 Å². The number of rotatable bonds is 9. The Labute approximate surface area is 201 Å². The van der Waals surface area contributed by atoms with Crippen LogP contribution in [0.15, 0.2) is 42.5 Å². The van der Waals surface area contributed by atoms with Crippen molar-refractivity contribution in [3.8, 4) is 0 Å². The third-order valence-corrected chi connectivity index (χ3v) is 7.64. The van der Waals surface area contributed by atoms with E-state index in [9.17, 15) is 14.4 Å². The minimum Gasteiger partial charge on any atom is -0.454 e. The predicted molar refractivity (Wildman–Crippen MR) is 132 cm³/mol. The van der Waals surface area contributed by atoms with Gasteiger partial charge in [0.1, 0.15) is 6.04 Å². The Morgan fingerprint density at radius 1 is 0.941 bits per heavy atom. The number of benzene rings is 2. The van der Waals surface area contributed by atoms with Gasteiger partial charge in [-0.1, -0.05) is 62.7 Å². The molecule has 2 saturated carbocycles. The minimum atomic E-state index is -0.807. The van der Waals surface area contributed by atoms with E-state index in [2.05, 4.69) is 17.6 Å². The van der Waals surface area contributed by atoms with Crippen molar-refractivity contribution in [3.05, 3.63) is 48.0 Å². The first kappa shape index (κ1) is 24.2. The van der Waals surface area contributed by atoms with Gasteiger partial charge < -0.3 is 15.4 Å². The van der Waals surface area contributed by atoms with Crippen molar-refractivity contribution in [1.82, 2.24) is 10.6 Å². The Bertz CT molecular complexity index is 1040. The molecule has 2 amide bonds. The van der Waals surface area contributed by atoms with E-state index in [1.54, 1.807) is 0 Å². The molecule has 0 radical (unpaired) electrons. The molecule has 0 heterocycles. The van der Waals surface area contributed by atoms with Crippen LogP contribution in [0.3, 0.4) is 0 Å². The van der Waals surface area contributed by atoms with Gasteiger partial charge in [0.25, 0.3) is 5.91 Å². The molecule has 4 rings (SSSR count). The number of hydrogen-bond acceptors (Lipinski definition) is 4. The largest absolute Gasteiger partial charge is 0.454 e. The van der Waals surface area contributed by atoms with Gasteiger partial charge in [-0.25, -0.2) is 4.79 Å². The minimum absolute atomic E-state index is 0.0859. The lowest BCUT2D eigenvalue weighted by atomic mass is 9.84. The van der Waals surface area contributed by atoms with Gasteiger partial charge in [-0.2, -0.15) is 0 Å². The molecule has 6 nitrogen and oxygen atoms in total. The standard InChI is InChI=1S/C28H36N2O4/c1-17(2)27(30-25(31)15-21-9-6-8-20-7-4-5-10-23(20)21)28(33)34-16-26(32)29-18(3)24-14-19-11-12-22(24)13-19/h4-10,17-19,22,24,27H,11-16H2,1-3H3,(H,29,32)(H,30,31)/t18-,19+,22+,24-,27+/m1/s1. The van der Waals surface area contributed by atoms with E-state index in [-0.39, 0.29) is 36.8 Å². The van der Waals surface area contributed by atoms with E-state index in [0.29, 0.717) is 11.8 Å². The van der Waals surface area contributed by atoms with Crippen molar-refractivity contribution < 1.29 is 19.1 Å². The Morgan fingerprint density at radius 2 is 1.71 bits per heavy atom. The van der Waals surface area contributed by atoms with E-state index >= 15 is 0 Å². The van der Waals surface area contributed by atoms with Gasteiger partial charge >= 0.3 is 5.97 Å². The third-order valence-electron chi connectivity index (χ3n) is 7.64. The molecule has 0 aliphatic heterocycles. The van der Waals surface area contributed by atoms with Gasteiger partial charge in [-0.15, -0.1) is 0 Å². The Morgan fingerprint density at radius 3 is 2.41 bits per heavy atom. The van der Waals surface area contributed by atoms with Gasteiger partial charge in [-0.05, 0) is 66.2 Å². The Hall–Kier alpha value is -2.89. The summed E-state index contributed by atoms with van der Waals surface area (Å²) >= 11 is 0. The SMILES string of the molecule is CC(C)[C@H](NC(=O)Cc1cccc2ccccc12)C(=O)OCC(=O)N[C@H](C)[C@H]1C[C@H]2CC[C@H]1C2. The van der Waals surface area contributed by atoms with E-state index < -0.39 is 12.0 Å². The van der Waals surface area contributed by atoms with Crippen LogP contribution in [0.4, 0.5) is 0 Å². The van der Waals surface area contributed by atoms with Gasteiger partial charge in [0.15, 0.2) is 6.61 Å². The average molecular weight is 465 g/mol. The molecule has 2 aromatic carbocycles. The summed E-state index contributed by atoms with van der Waals surface area (Å²) in [5, 5.41) is 7.92. The molecular formula is C28H36N2O4. The predicted octanol–water partition coefficient (Wildman–Crippen LogP) is 4.01. The summed E-state index contributed by atoms with van der Waals surface area (Å²) in [5.74, 6) is 0.773. The lowest BCUT2D eigenvalue weighted by molar-refractivity contribution is -0.153. The quantitative estimate of drug-likeness (QED) is 0.549. The zero-order chi connectivity index (χ0) is 24.2. The van der Waals surface area contributed by atoms with Crippen LogP contribution in [0.25, 0.3) is 10.8 Å². The second-order valence-electron chi connectivity index (χ2n) is 10.4. The highest BCUT2D eigenvalue weighted by Gasteiger charge is 2.42. The topological polar surface area (TPSA) is 84.5 Å². The number of ether oxygens (including phenoxy) is 1. The Balaban J connectivity index is 1.28. The maximum atomic E-state index is 12.8. The number of esters is 1. The zero-order valence-corrected chi connectivity index (χ0v) is 20.4. The number of nitrogens with one attached hydrogen (secondary N) is 2. The molecular weight excluding hydrogens is 428 g/mol. The molecule has 2 fully saturated rings. The molecule has 0 aromatic heterocycles. The highest BCUT2D eigenvalue weighted by atomic mass is 16.5. The van der Waals surface area contributed by atoms with Crippen LogP contribution >= 0.6 is 0 Å². The summed E-state index contributed by atoms with van der Waals surface area (Å²) in [6.45, 7) is 5.42. The van der Waals surface area contributed by atoms with E-state index in [1.807, 2.05) is 56.3 Å².